The Balaban J connectivity index is 2.88. The van der Waals surface area contributed by atoms with E-state index < -0.39 is 38.7 Å². The van der Waals surface area contributed by atoms with Crippen LogP contribution in [0.3, 0.4) is 0 Å². The zero-order chi connectivity index (χ0) is 17.8. The fourth-order valence-corrected chi connectivity index (χ4v) is 2.50. The van der Waals surface area contributed by atoms with Crippen molar-refractivity contribution in [2.75, 3.05) is 12.8 Å². The van der Waals surface area contributed by atoms with Crippen LogP contribution in [0.4, 0.5) is 9.18 Å². The normalized spacial score (nSPS) is 20.8. The highest BCUT2D eigenvalue weighted by atomic mass is 32.2. The first kappa shape index (κ1) is 19.4. The molecule has 7 nitrogen and oxygen atoms in total. The second-order valence-electron chi connectivity index (χ2n) is 6.51. The molecule has 0 aromatic heterocycles. The highest BCUT2D eigenvalue weighted by Gasteiger charge is 2.29. The van der Waals surface area contributed by atoms with Crippen LogP contribution in [0, 0.1) is 5.92 Å². The SMILES string of the molecule is CC(C)(C)OC(=O)N[C@H](/C=C(/F)S(C)(=O)=O)C[C@@H]1CCNC1=O. The van der Waals surface area contributed by atoms with Gasteiger partial charge in [0.1, 0.15) is 5.60 Å². The quantitative estimate of drug-likeness (QED) is 0.777. The summed E-state index contributed by atoms with van der Waals surface area (Å²) < 4.78 is 41.2. The Bertz CT molecular complexity index is 595. The summed E-state index contributed by atoms with van der Waals surface area (Å²) in [4.78, 5) is 23.4. The fourth-order valence-electron chi connectivity index (χ4n) is 2.09. The Morgan fingerprint density at radius 2 is 2.13 bits per heavy atom. The summed E-state index contributed by atoms with van der Waals surface area (Å²) in [7, 11) is -4.01. The number of rotatable bonds is 5. The van der Waals surface area contributed by atoms with Crippen LogP contribution in [0.1, 0.15) is 33.6 Å². The average Bonchev–Trinajstić information content (AvgIpc) is 2.70. The molecule has 1 heterocycles. The van der Waals surface area contributed by atoms with Crippen LogP contribution in [0.5, 0.6) is 0 Å². The molecule has 1 saturated heterocycles. The summed E-state index contributed by atoms with van der Waals surface area (Å²) in [6.07, 6.45) is 1.35. The molecule has 0 radical (unpaired) electrons. The zero-order valence-corrected chi connectivity index (χ0v) is 14.5. The van der Waals surface area contributed by atoms with E-state index in [4.69, 9.17) is 4.74 Å². The predicted octanol–water partition coefficient (Wildman–Crippen LogP) is 1.26. The van der Waals surface area contributed by atoms with Crippen molar-refractivity contribution in [3.63, 3.8) is 0 Å². The van der Waals surface area contributed by atoms with Gasteiger partial charge < -0.3 is 15.4 Å². The molecule has 2 atom stereocenters. The van der Waals surface area contributed by atoms with E-state index in [1.165, 1.54) is 0 Å². The Morgan fingerprint density at radius 3 is 2.57 bits per heavy atom. The van der Waals surface area contributed by atoms with E-state index in [1.807, 2.05) is 0 Å². The van der Waals surface area contributed by atoms with Crippen molar-refractivity contribution in [2.24, 2.45) is 5.92 Å². The Hall–Kier alpha value is -1.64. The Kier molecular flexibility index (Phi) is 6.15. The maximum absolute atomic E-state index is 13.7. The van der Waals surface area contributed by atoms with Crippen LogP contribution < -0.4 is 10.6 Å². The van der Waals surface area contributed by atoms with E-state index >= 15 is 0 Å². The molecular weight excluding hydrogens is 327 g/mol. The third kappa shape index (κ3) is 6.98. The monoisotopic (exact) mass is 350 g/mol. The van der Waals surface area contributed by atoms with Crippen LogP contribution in [-0.2, 0) is 19.4 Å². The van der Waals surface area contributed by atoms with Gasteiger partial charge in [0.2, 0.25) is 20.9 Å². The lowest BCUT2D eigenvalue weighted by Crippen LogP contribution is -2.40. The van der Waals surface area contributed by atoms with Crippen molar-refractivity contribution in [2.45, 2.75) is 45.3 Å². The highest BCUT2D eigenvalue weighted by molar-refractivity contribution is 7.94. The van der Waals surface area contributed by atoms with Gasteiger partial charge in [0.15, 0.2) is 0 Å². The van der Waals surface area contributed by atoms with Crippen molar-refractivity contribution in [1.29, 1.82) is 0 Å². The predicted molar refractivity (Wildman–Crippen MR) is 82.9 cm³/mol. The second-order valence-corrected chi connectivity index (χ2v) is 8.44. The van der Waals surface area contributed by atoms with Gasteiger partial charge in [-0.2, -0.15) is 4.39 Å². The third-order valence-corrected chi connectivity index (χ3v) is 3.93. The molecule has 0 aromatic rings. The van der Waals surface area contributed by atoms with Crippen LogP contribution in [0.2, 0.25) is 0 Å². The summed E-state index contributed by atoms with van der Waals surface area (Å²) in [6.45, 7) is 5.50. The molecule has 0 bridgehead atoms. The fraction of sp³-hybridized carbons (Fsp3) is 0.714. The number of sulfone groups is 1. The number of hydrogen-bond acceptors (Lipinski definition) is 5. The van der Waals surface area contributed by atoms with Crippen LogP contribution in [0.15, 0.2) is 11.2 Å². The van der Waals surface area contributed by atoms with Gasteiger partial charge in [0, 0.05) is 18.7 Å². The number of carbonyl (C=O) groups excluding carboxylic acids is 2. The number of amides is 2. The lowest BCUT2D eigenvalue weighted by atomic mass is 9.98. The van der Waals surface area contributed by atoms with E-state index in [2.05, 4.69) is 10.6 Å². The topological polar surface area (TPSA) is 102 Å². The molecule has 1 aliphatic rings. The molecule has 1 rings (SSSR count). The molecule has 0 aromatic carbocycles. The third-order valence-electron chi connectivity index (χ3n) is 3.09. The second kappa shape index (κ2) is 7.29. The lowest BCUT2D eigenvalue weighted by Gasteiger charge is -2.23. The van der Waals surface area contributed by atoms with Gasteiger partial charge in [-0.15, -0.1) is 0 Å². The molecule has 2 amide bonds. The molecule has 23 heavy (non-hydrogen) atoms. The number of halogens is 1. The molecule has 1 fully saturated rings. The number of alkyl carbamates (subject to hydrolysis) is 1. The number of carbonyl (C=O) groups is 2. The maximum Gasteiger partial charge on any atom is 0.408 e. The van der Waals surface area contributed by atoms with Crippen molar-refractivity contribution < 1.29 is 27.1 Å². The average molecular weight is 350 g/mol. The standard InChI is InChI=1S/C14H23FN2O5S/c1-14(2,3)22-13(19)17-10(8-11(15)23(4,20)21)7-9-5-6-16-12(9)18/h8-10H,5-7H2,1-4H3,(H,16,18)(H,17,19)/b11-8-/t9-,10-/m0/s1. The van der Waals surface area contributed by atoms with Gasteiger partial charge in [0.25, 0.3) is 0 Å². The van der Waals surface area contributed by atoms with Crippen LogP contribution >= 0.6 is 0 Å². The molecule has 9 heteroatoms. The Morgan fingerprint density at radius 1 is 1.52 bits per heavy atom. The number of ether oxygens (including phenoxy) is 1. The number of nitrogens with one attached hydrogen (secondary N) is 2. The van der Waals surface area contributed by atoms with Crippen molar-refractivity contribution in [1.82, 2.24) is 10.6 Å². The van der Waals surface area contributed by atoms with Crippen molar-refractivity contribution in [3.8, 4) is 0 Å². The molecule has 132 valence electrons. The van der Waals surface area contributed by atoms with E-state index in [9.17, 15) is 22.4 Å². The minimum Gasteiger partial charge on any atom is -0.444 e. The first-order chi connectivity index (χ1) is 10.4. The maximum atomic E-state index is 13.7. The van der Waals surface area contributed by atoms with Crippen LogP contribution in [-0.4, -0.2) is 44.9 Å². The molecule has 2 N–H and O–H groups in total. The first-order valence-corrected chi connectivity index (χ1v) is 9.12. The van der Waals surface area contributed by atoms with Gasteiger partial charge in [-0.1, -0.05) is 0 Å². The van der Waals surface area contributed by atoms with Crippen molar-refractivity contribution in [3.05, 3.63) is 11.2 Å². The summed E-state index contributed by atoms with van der Waals surface area (Å²) >= 11 is 0. The van der Waals surface area contributed by atoms with Crippen molar-refractivity contribution >= 4 is 21.8 Å². The summed E-state index contributed by atoms with van der Waals surface area (Å²) in [5.74, 6) is -0.618. The van der Waals surface area contributed by atoms with Gasteiger partial charge in [-0.3, -0.25) is 4.79 Å². The molecule has 0 saturated carbocycles. The summed E-state index contributed by atoms with van der Waals surface area (Å²) in [5, 5.41) is 3.69. The minimum atomic E-state index is -4.01. The first-order valence-electron chi connectivity index (χ1n) is 7.23. The summed E-state index contributed by atoms with van der Waals surface area (Å²) in [5.41, 5.74) is -0.752. The van der Waals surface area contributed by atoms with E-state index in [-0.39, 0.29) is 12.3 Å². The van der Waals surface area contributed by atoms with Gasteiger partial charge >= 0.3 is 6.09 Å². The molecule has 0 unspecified atom stereocenters. The van der Waals surface area contributed by atoms with Crippen LogP contribution in [0.25, 0.3) is 0 Å². The molecule has 1 aliphatic heterocycles. The Labute approximate surface area is 135 Å². The minimum absolute atomic E-state index is 0.0913. The van der Waals surface area contributed by atoms with Gasteiger partial charge in [0.05, 0.1) is 6.04 Å². The smallest absolute Gasteiger partial charge is 0.408 e. The zero-order valence-electron chi connectivity index (χ0n) is 13.7. The largest absolute Gasteiger partial charge is 0.444 e. The lowest BCUT2D eigenvalue weighted by molar-refractivity contribution is -0.122. The number of hydrogen-bond donors (Lipinski definition) is 2. The van der Waals surface area contributed by atoms with E-state index in [1.54, 1.807) is 20.8 Å². The van der Waals surface area contributed by atoms with E-state index in [0.717, 1.165) is 12.3 Å². The van der Waals surface area contributed by atoms with E-state index in [0.29, 0.717) is 13.0 Å². The van der Waals surface area contributed by atoms with Gasteiger partial charge in [-0.05, 0) is 39.7 Å². The highest BCUT2D eigenvalue weighted by Crippen LogP contribution is 2.19. The molecule has 0 spiro atoms. The summed E-state index contributed by atoms with van der Waals surface area (Å²) in [6, 6.07) is -0.964. The molecular formula is C14H23FN2O5S. The van der Waals surface area contributed by atoms with Gasteiger partial charge in [-0.25, -0.2) is 13.2 Å². The molecule has 0 aliphatic carbocycles.